The largest absolute Gasteiger partial charge is 0.507 e. The second kappa shape index (κ2) is 9.29. The van der Waals surface area contributed by atoms with Gasteiger partial charge in [0.2, 0.25) is 0 Å². The Morgan fingerprint density at radius 2 is 1.73 bits per heavy atom. The lowest BCUT2D eigenvalue weighted by atomic mass is 9.94. The summed E-state index contributed by atoms with van der Waals surface area (Å²) in [6.07, 6.45) is 1.88. The summed E-state index contributed by atoms with van der Waals surface area (Å²) in [7, 11) is 3.30. The number of benzene rings is 3. The number of aliphatic hydroxyl groups is 1. The van der Waals surface area contributed by atoms with Crippen molar-refractivity contribution in [3.8, 4) is 5.75 Å². The number of methoxy groups -OCH3 is 1. The van der Waals surface area contributed by atoms with Crippen molar-refractivity contribution in [1.29, 1.82) is 0 Å². The van der Waals surface area contributed by atoms with E-state index >= 15 is 0 Å². The Kier molecular flexibility index (Phi) is 6.26. The van der Waals surface area contributed by atoms with Crippen LogP contribution in [0, 0.1) is 13.8 Å². The Hall–Kier alpha value is -3.74. The number of halogens is 2. The number of fused-ring (bicyclic) bond motifs is 1. The van der Waals surface area contributed by atoms with Gasteiger partial charge in [-0.3, -0.25) is 14.5 Å². The lowest BCUT2D eigenvalue weighted by Gasteiger charge is -2.26. The summed E-state index contributed by atoms with van der Waals surface area (Å²) >= 11 is 12.6. The number of carbonyl (C=O) groups is 2. The van der Waals surface area contributed by atoms with E-state index in [1.807, 2.05) is 74.1 Å². The van der Waals surface area contributed by atoms with Crippen LogP contribution in [0.2, 0.25) is 10.0 Å². The molecule has 1 saturated heterocycles. The van der Waals surface area contributed by atoms with E-state index < -0.39 is 23.5 Å². The van der Waals surface area contributed by atoms with Crippen molar-refractivity contribution in [2.45, 2.75) is 19.9 Å². The number of para-hydroxylation sites is 1. The standard InChI is InChI=1S/C29H24Cl2N2O4/c1-15-9-10-18(11-16(15)2)33-25(21-14-32(3)23-8-6-5-7-19(21)23)24(27(35)29(33)36)26(34)20-12-17(30)13-22(31)28(20)37-4/h5-14,25,34H,1-4H3/b26-24+. The minimum atomic E-state index is -0.907. The zero-order valence-corrected chi connectivity index (χ0v) is 22.2. The van der Waals surface area contributed by atoms with Gasteiger partial charge in [0.25, 0.3) is 11.7 Å². The van der Waals surface area contributed by atoms with Crippen molar-refractivity contribution in [3.63, 3.8) is 0 Å². The summed E-state index contributed by atoms with van der Waals surface area (Å²) in [5, 5.41) is 12.9. The maximum absolute atomic E-state index is 13.6. The summed E-state index contributed by atoms with van der Waals surface area (Å²) < 4.78 is 7.36. The van der Waals surface area contributed by atoms with Gasteiger partial charge in [0, 0.05) is 40.4 Å². The van der Waals surface area contributed by atoms with Gasteiger partial charge in [-0.25, -0.2) is 0 Å². The minimum Gasteiger partial charge on any atom is -0.507 e. The van der Waals surface area contributed by atoms with Crippen LogP contribution in [0.1, 0.15) is 28.3 Å². The summed E-state index contributed by atoms with van der Waals surface area (Å²) in [6, 6.07) is 15.3. The Morgan fingerprint density at radius 1 is 1.00 bits per heavy atom. The number of nitrogens with zero attached hydrogens (tertiary/aromatic N) is 2. The summed E-state index contributed by atoms with van der Waals surface area (Å²) in [6.45, 7) is 3.92. The van der Waals surface area contributed by atoms with Gasteiger partial charge >= 0.3 is 0 Å². The Labute approximate surface area is 224 Å². The number of hydrogen-bond acceptors (Lipinski definition) is 4. The first-order valence-corrected chi connectivity index (χ1v) is 12.3. The van der Waals surface area contributed by atoms with Crippen LogP contribution in [0.25, 0.3) is 16.7 Å². The van der Waals surface area contributed by atoms with Crippen LogP contribution >= 0.6 is 23.2 Å². The second-order valence-electron chi connectivity index (χ2n) is 9.12. The third-order valence-electron chi connectivity index (χ3n) is 6.90. The highest BCUT2D eigenvalue weighted by Gasteiger charge is 2.48. The van der Waals surface area contributed by atoms with Crippen molar-refractivity contribution in [3.05, 3.63) is 98.7 Å². The van der Waals surface area contributed by atoms with Crippen molar-refractivity contribution >= 4 is 57.2 Å². The number of rotatable bonds is 4. The highest BCUT2D eigenvalue weighted by atomic mass is 35.5. The molecule has 5 rings (SSSR count). The van der Waals surface area contributed by atoms with Gasteiger partial charge in [0.15, 0.2) is 0 Å². The van der Waals surface area contributed by atoms with Gasteiger partial charge in [0.1, 0.15) is 11.5 Å². The van der Waals surface area contributed by atoms with E-state index in [4.69, 9.17) is 27.9 Å². The van der Waals surface area contributed by atoms with Crippen molar-refractivity contribution in [2.75, 3.05) is 12.0 Å². The molecular weight excluding hydrogens is 511 g/mol. The fourth-order valence-electron chi connectivity index (χ4n) is 4.95. The maximum atomic E-state index is 13.6. The number of aryl methyl sites for hydroxylation is 3. The van der Waals surface area contributed by atoms with Gasteiger partial charge < -0.3 is 14.4 Å². The van der Waals surface area contributed by atoms with Crippen LogP contribution in [0.4, 0.5) is 5.69 Å². The molecule has 1 fully saturated rings. The SMILES string of the molecule is COc1c(Cl)cc(Cl)cc1/C(O)=C1\C(=O)C(=O)N(c2ccc(C)c(C)c2)C1c1cn(C)c2ccccc12. The van der Waals surface area contributed by atoms with E-state index in [0.29, 0.717) is 11.3 Å². The molecule has 0 aliphatic carbocycles. The summed E-state index contributed by atoms with van der Waals surface area (Å²) in [5.41, 5.74) is 4.26. The highest BCUT2D eigenvalue weighted by Crippen LogP contribution is 2.46. The van der Waals surface area contributed by atoms with Gasteiger partial charge in [0.05, 0.1) is 29.3 Å². The van der Waals surface area contributed by atoms with Crippen LogP contribution in [-0.4, -0.2) is 28.5 Å². The molecule has 2 heterocycles. The smallest absolute Gasteiger partial charge is 0.300 e. The van der Waals surface area contributed by atoms with E-state index in [1.54, 1.807) is 0 Å². The molecule has 1 aromatic heterocycles. The molecule has 1 aliphatic heterocycles. The zero-order valence-electron chi connectivity index (χ0n) is 20.7. The molecule has 4 aromatic rings. The van der Waals surface area contributed by atoms with Crippen molar-refractivity contribution < 1.29 is 19.4 Å². The molecule has 1 amide bonds. The molecule has 1 aliphatic rings. The van der Waals surface area contributed by atoms with E-state index in [-0.39, 0.29) is 26.9 Å². The molecule has 8 heteroatoms. The predicted octanol–water partition coefficient (Wildman–Crippen LogP) is 6.74. The van der Waals surface area contributed by atoms with E-state index in [0.717, 1.165) is 22.0 Å². The van der Waals surface area contributed by atoms with Crippen molar-refractivity contribution in [2.24, 2.45) is 7.05 Å². The van der Waals surface area contributed by atoms with Gasteiger partial charge in [-0.1, -0.05) is 47.5 Å². The molecule has 1 unspecified atom stereocenters. The number of ether oxygens (including phenoxy) is 1. The van der Waals surface area contributed by atoms with Crippen LogP contribution in [0.3, 0.4) is 0 Å². The lowest BCUT2D eigenvalue weighted by molar-refractivity contribution is -0.132. The first-order chi connectivity index (χ1) is 17.6. The quantitative estimate of drug-likeness (QED) is 0.179. The van der Waals surface area contributed by atoms with E-state index in [2.05, 4.69) is 0 Å². The number of Topliss-reactive ketones (excluding diaryl/α,β-unsaturated/α-hetero) is 1. The number of amides is 1. The first-order valence-electron chi connectivity index (χ1n) is 11.6. The third-order valence-corrected chi connectivity index (χ3v) is 7.40. The molecule has 188 valence electrons. The average Bonchev–Trinajstić information content (AvgIpc) is 3.33. The van der Waals surface area contributed by atoms with Gasteiger partial charge in [-0.2, -0.15) is 0 Å². The number of aromatic nitrogens is 1. The Morgan fingerprint density at radius 3 is 2.43 bits per heavy atom. The zero-order chi connectivity index (χ0) is 26.6. The number of anilines is 1. The van der Waals surface area contributed by atoms with Crippen LogP contribution in [0.5, 0.6) is 5.75 Å². The molecule has 1 atom stereocenters. The van der Waals surface area contributed by atoms with E-state index in [1.165, 1.54) is 24.1 Å². The van der Waals surface area contributed by atoms with Crippen LogP contribution in [0.15, 0.2) is 66.4 Å². The Balaban J connectivity index is 1.85. The average molecular weight is 535 g/mol. The van der Waals surface area contributed by atoms with Gasteiger partial charge in [-0.05, 0) is 55.3 Å². The number of hydrogen-bond donors (Lipinski definition) is 1. The van der Waals surface area contributed by atoms with Crippen LogP contribution < -0.4 is 9.64 Å². The predicted molar refractivity (Wildman–Crippen MR) is 147 cm³/mol. The molecule has 3 aromatic carbocycles. The normalized spacial score (nSPS) is 17.1. The highest BCUT2D eigenvalue weighted by molar-refractivity contribution is 6.52. The van der Waals surface area contributed by atoms with Crippen LogP contribution in [-0.2, 0) is 16.6 Å². The monoisotopic (exact) mass is 534 g/mol. The topological polar surface area (TPSA) is 71.8 Å². The minimum absolute atomic E-state index is 0.0729. The fraction of sp³-hybridized carbons (Fsp3) is 0.172. The molecule has 1 N–H and O–H groups in total. The molecule has 0 bridgehead atoms. The fourth-order valence-corrected chi connectivity index (χ4v) is 5.52. The number of carbonyl (C=O) groups excluding carboxylic acids is 2. The van der Waals surface area contributed by atoms with Gasteiger partial charge in [-0.15, -0.1) is 0 Å². The molecular formula is C29H24Cl2N2O4. The molecule has 0 spiro atoms. The summed E-state index contributed by atoms with van der Waals surface area (Å²) in [5.74, 6) is -1.82. The molecule has 0 radical (unpaired) electrons. The third kappa shape index (κ3) is 3.97. The second-order valence-corrected chi connectivity index (χ2v) is 9.96. The molecule has 6 nitrogen and oxygen atoms in total. The van der Waals surface area contributed by atoms with Crippen molar-refractivity contribution in [1.82, 2.24) is 4.57 Å². The Bertz CT molecular complexity index is 1640. The summed E-state index contributed by atoms with van der Waals surface area (Å²) in [4.78, 5) is 28.7. The van der Waals surface area contributed by atoms with E-state index in [9.17, 15) is 14.7 Å². The maximum Gasteiger partial charge on any atom is 0.300 e. The number of ketones is 1. The number of aliphatic hydroxyl groups excluding tert-OH is 1. The molecule has 37 heavy (non-hydrogen) atoms. The first kappa shape index (κ1) is 24.9. The molecule has 0 saturated carbocycles. The lowest BCUT2D eigenvalue weighted by Crippen LogP contribution is -2.29.